The van der Waals surface area contributed by atoms with Gasteiger partial charge in [0, 0.05) is 25.7 Å². The van der Waals surface area contributed by atoms with Crippen LogP contribution in [-0.4, -0.2) is 96.7 Å². The molecule has 0 saturated heterocycles. The summed E-state index contributed by atoms with van der Waals surface area (Å²) in [7, 11) is -10.0. The molecule has 0 heterocycles. The quantitative estimate of drug-likeness (QED) is 0.0169. The van der Waals surface area contributed by atoms with Crippen molar-refractivity contribution in [2.75, 3.05) is 39.6 Å². The minimum absolute atomic E-state index is 0.0335. The first kappa shape index (κ1) is 101. The molecule has 0 aromatic carbocycles. The minimum atomic E-state index is -5.00. The summed E-state index contributed by atoms with van der Waals surface area (Å²) < 4.78 is 68.6. The Labute approximate surface area is 642 Å². The van der Waals surface area contributed by atoms with E-state index >= 15 is 0 Å². The van der Waals surface area contributed by atoms with E-state index in [2.05, 4.69) is 174 Å². The van der Waals surface area contributed by atoms with Crippen molar-refractivity contribution in [3.63, 3.8) is 0 Å². The smallest absolute Gasteiger partial charge is 0.462 e. The number of phosphoric ester groups is 2. The fraction of sp³-hybridized carbons (Fsp3) is 0.655. The number of hydrogen-bond acceptors (Lipinski definition) is 15. The molecule has 0 aromatic heterocycles. The zero-order valence-electron chi connectivity index (χ0n) is 66.1. The van der Waals surface area contributed by atoms with Gasteiger partial charge in [-0.1, -0.05) is 276 Å². The zero-order valence-corrected chi connectivity index (χ0v) is 67.8. The summed E-state index contributed by atoms with van der Waals surface area (Å²) in [6, 6.07) is 0. The first-order valence-corrected chi connectivity index (χ1v) is 43.7. The first-order valence-electron chi connectivity index (χ1n) is 40.7. The predicted octanol–water partition coefficient (Wildman–Crippen LogP) is 24.0. The van der Waals surface area contributed by atoms with E-state index in [1.807, 2.05) is 12.2 Å². The lowest BCUT2D eigenvalue weighted by Crippen LogP contribution is -2.30. The van der Waals surface area contributed by atoms with Crippen LogP contribution < -0.4 is 0 Å². The van der Waals surface area contributed by atoms with Crippen molar-refractivity contribution in [1.82, 2.24) is 0 Å². The number of carbonyl (C=O) groups is 4. The largest absolute Gasteiger partial charge is 0.472 e. The van der Waals surface area contributed by atoms with E-state index in [1.165, 1.54) is 57.8 Å². The Morgan fingerprint density at radius 2 is 0.500 bits per heavy atom. The molecule has 5 atom stereocenters. The van der Waals surface area contributed by atoms with E-state index < -0.39 is 97.5 Å². The highest BCUT2D eigenvalue weighted by Crippen LogP contribution is 2.45. The molecule has 0 aromatic rings. The van der Waals surface area contributed by atoms with E-state index in [1.54, 1.807) is 0 Å². The van der Waals surface area contributed by atoms with Gasteiger partial charge in [-0.05, 0) is 167 Å². The normalized spacial score (nSPS) is 14.7. The number of ether oxygens (including phenoxy) is 4. The molecule has 604 valence electrons. The third kappa shape index (κ3) is 76.9. The van der Waals surface area contributed by atoms with E-state index in [9.17, 15) is 43.2 Å². The van der Waals surface area contributed by atoms with Crippen molar-refractivity contribution in [2.45, 2.75) is 329 Å². The standard InChI is InChI=1S/C87H144O17P2/c1-5-9-13-17-21-25-29-33-37-39-40-42-46-48-52-56-60-64-68-72-85(90)98-78-83(104-87(92)74-70-66-62-58-54-50-44-36-32-28-24-20-16-12-8-4)80-102-106(95,96)100-76-81(88)75-99-105(93,94)101-79-82(103-86(91)73-69-65-61-57-53-49-43-35-31-27-23-19-15-11-7-3)77-97-84(89)71-67-63-59-55-51-47-45-41-38-34-30-26-22-18-14-10-6-2/h10,12,14,16,21-22,24-26,28,33-38,40,42-45,47,54-55,58-59,81-83,88H,5-9,11,13,15,17-20,23,27,29-32,39,41,46,48-53,56-57,60-80H2,1-4H3,(H,93,94)(H,95,96)/b14-10-,16-12-,25-21-,26-22-,28-24-,37-33-,38-34-,42-40-,43-35-,44-36-,47-45-,58-54-,59-55-. The van der Waals surface area contributed by atoms with E-state index in [-0.39, 0.29) is 25.7 Å². The summed E-state index contributed by atoms with van der Waals surface area (Å²) in [6.07, 6.45) is 90.9. The molecule has 0 aliphatic carbocycles. The van der Waals surface area contributed by atoms with E-state index in [0.29, 0.717) is 38.5 Å². The maximum Gasteiger partial charge on any atom is 0.472 e. The van der Waals surface area contributed by atoms with Crippen LogP contribution in [0.25, 0.3) is 0 Å². The second-order valence-corrected chi connectivity index (χ2v) is 29.5. The van der Waals surface area contributed by atoms with E-state index in [4.69, 9.17) is 37.0 Å². The van der Waals surface area contributed by atoms with Crippen LogP contribution in [0.3, 0.4) is 0 Å². The Morgan fingerprint density at radius 1 is 0.274 bits per heavy atom. The van der Waals surface area contributed by atoms with Gasteiger partial charge in [-0.3, -0.25) is 37.3 Å². The molecule has 106 heavy (non-hydrogen) atoms. The van der Waals surface area contributed by atoms with Gasteiger partial charge < -0.3 is 33.8 Å². The minimum Gasteiger partial charge on any atom is -0.462 e. The number of unbranched alkanes of at least 4 members (excludes halogenated alkanes) is 23. The van der Waals surface area contributed by atoms with Crippen molar-refractivity contribution in [2.24, 2.45) is 0 Å². The molecule has 0 aliphatic rings. The number of carbonyl (C=O) groups excluding carboxylic acids is 4. The Morgan fingerprint density at radius 3 is 0.840 bits per heavy atom. The topological polar surface area (TPSA) is 237 Å². The molecule has 0 aliphatic heterocycles. The summed E-state index contributed by atoms with van der Waals surface area (Å²) in [5.74, 6) is -2.32. The van der Waals surface area contributed by atoms with Crippen LogP contribution in [-0.2, 0) is 65.4 Å². The number of phosphoric acid groups is 2. The van der Waals surface area contributed by atoms with Crippen LogP contribution >= 0.6 is 15.6 Å². The SMILES string of the molecule is CC/C=C\C/C=C\C/C=C\C/C=C\C/C=C\CCCC(=O)OCC(COP(=O)(O)OCC(O)COP(=O)(O)OCC(COC(=O)CCCCCCCC/C=C\C/C=C\C/C=C\CCCCC)OC(=O)CCCC/C=C\C/C=C\C/C=C\C/C=C\CC)OC(=O)CCCCCCC/C=C\CCCCCCCC. The molecule has 0 spiro atoms. The lowest BCUT2D eigenvalue weighted by Gasteiger charge is -2.21. The summed E-state index contributed by atoms with van der Waals surface area (Å²) >= 11 is 0. The lowest BCUT2D eigenvalue weighted by molar-refractivity contribution is -0.161. The number of aliphatic hydroxyl groups excluding tert-OH is 1. The molecule has 0 bridgehead atoms. The number of allylic oxidation sites excluding steroid dienone is 26. The molecule has 5 unspecified atom stereocenters. The van der Waals surface area contributed by atoms with Gasteiger partial charge in [0.1, 0.15) is 19.3 Å². The molecule has 0 fully saturated rings. The zero-order chi connectivity index (χ0) is 77.4. The van der Waals surface area contributed by atoms with Crippen molar-refractivity contribution < 1.29 is 80.2 Å². The second kappa shape index (κ2) is 77.8. The Hall–Kier alpha value is -5.32. The maximum atomic E-state index is 13.1. The molecular weight excluding hydrogens is 1380 g/mol. The number of esters is 4. The molecular formula is C87H144O17P2. The van der Waals surface area contributed by atoms with Crippen LogP contribution in [0.4, 0.5) is 0 Å². The lowest BCUT2D eigenvalue weighted by atomic mass is 10.1. The molecule has 0 amide bonds. The van der Waals surface area contributed by atoms with Gasteiger partial charge in [-0.2, -0.15) is 0 Å². The van der Waals surface area contributed by atoms with Gasteiger partial charge in [0.15, 0.2) is 12.2 Å². The molecule has 19 heteroatoms. The molecule has 0 radical (unpaired) electrons. The van der Waals surface area contributed by atoms with Gasteiger partial charge in [0.25, 0.3) is 0 Å². The van der Waals surface area contributed by atoms with Crippen LogP contribution in [0.5, 0.6) is 0 Å². The third-order valence-corrected chi connectivity index (χ3v) is 18.4. The van der Waals surface area contributed by atoms with E-state index in [0.717, 1.165) is 161 Å². The molecule has 17 nitrogen and oxygen atoms in total. The van der Waals surface area contributed by atoms with Crippen LogP contribution in [0.2, 0.25) is 0 Å². The number of rotatable bonds is 75. The van der Waals surface area contributed by atoms with Gasteiger partial charge in [-0.15, -0.1) is 0 Å². The summed E-state index contributed by atoms with van der Waals surface area (Å²) in [6.45, 7) is 4.48. The summed E-state index contributed by atoms with van der Waals surface area (Å²) in [5, 5.41) is 10.6. The van der Waals surface area contributed by atoms with Crippen molar-refractivity contribution in [3.8, 4) is 0 Å². The van der Waals surface area contributed by atoms with Gasteiger partial charge >= 0.3 is 39.5 Å². The average Bonchev–Trinajstić information content (AvgIpc) is 0.928. The monoisotopic (exact) mass is 1520 g/mol. The highest BCUT2D eigenvalue weighted by atomic mass is 31.2. The number of aliphatic hydroxyl groups is 1. The summed E-state index contributed by atoms with van der Waals surface area (Å²) in [4.78, 5) is 73.1. The highest BCUT2D eigenvalue weighted by Gasteiger charge is 2.30. The Balaban J connectivity index is 5.47. The Bertz CT molecular complexity index is 2630. The van der Waals surface area contributed by atoms with Gasteiger partial charge in [0.2, 0.25) is 0 Å². The van der Waals surface area contributed by atoms with Crippen LogP contribution in [0, 0.1) is 0 Å². The van der Waals surface area contributed by atoms with Crippen molar-refractivity contribution in [3.05, 3.63) is 158 Å². The number of hydrogen-bond donors (Lipinski definition) is 3. The predicted molar refractivity (Wildman–Crippen MR) is 436 cm³/mol. The van der Waals surface area contributed by atoms with Gasteiger partial charge in [-0.25, -0.2) is 9.13 Å². The van der Waals surface area contributed by atoms with Gasteiger partial charge in [0.05, 0.1) is 26.4 Å². The summed E-state index contributed by atoms with van der Waals surface area (Å²) in [5.41, 5.74) is 0. The third-order valence-electron chi connectivity index (χ3n) is 16.5. The molecule has 0 rings (SSSR count). The van der Waals surface area contributed by atoms with Crippen LogP contribution in [0.1, 0.15) is 310 Å². The van der Waals surface area contributed by atoms with Crippen LogP contribution in [0.15, 0.2) is 158 Å². The first-order chi connectivity index (χ1) is 51.7. The Kier molecular flexibility index (Phi) is 73.9. The van der Waals surface area contributed by atoms with Crippen molar-refractivity contribution >= 4 is 39.5 Å². The highest BCUT2D eigenvalue weighted by molar-refractivity contribution is 7.47. The molecule has 3 N–H and O–H groups in total. The fourth-order valence-corrected chi connectivity index (χ4v) is 11.9. The average molecular weight is 1520 g/mol. The fourth-order valence-electron chi connectivity index (χ4n) is 10.3. The van der Waals surface area contributed by atoms with Crippen molar-refractivity contribution in [1.29, 1.82) is 0 Å². The molecule has 0 saturated carbocycles. The second-order valence-electron chi connectivity index (χ2n) is 26.6. The maximum absolute atomic E-state index is 13.1.